The van der Waals surface area contributed by atoms with Crippen molar-refractivity contribution in [1.82, 2.24) is 4.98 Å². The molecule has 6 aromatic rings. The molecule has 8 rings (SSSR count). The Labute approximate surface area is 229 Å². The Bertz CT molecular complexity index is 1860. The Morgan fingerprint density at radius 1 is 0.590 bits per heavy atom. The molecular weight excluding hydrogens is 470 g/mol. The van der Waals surface area contributed by atoms with Crippen LogP contribution < -0.4 is 0 Å². The van der Waals surface area contributed by atoms with Crippen LogP contribution in [0.25, 0.3) is 39.1 Å². The molecule has 0 saturated carbocycles. The molecule has 1 atom stereocenters. The summed E-state index contributed by atoms with van der Waals surface area (Å²) in [6, 6.07) is 44.5. The summed E-state index contributed by atoms with van der Waals surface area (Å²) in [5.41, 5.74) is 12.4. The van der Waals surface area contributed by atoms with Crippen molar-refractivity contribution in [3.8, 4) is 22.3 Å². The lowest BCUT2D eigenvalue weighted by Gasteiger charge is -2.33. The number of allylic oxidation sites excluding steroid dienone is 1. The number of benzene rings is 5. The zero-order chi connectivity index (χ0) is 25.8. The third kappa shape index (κ3) is 3.17. The summed E-state index contributed by atoms with van der Waals surface area (Å²) in [5, 5.41) is 2.64. The van der Waals surface area contributed by atoms with Crippen molar-refractivity contribution in [1.29, 1.82) is 0 Å². The fraction of sp³-hybridized carbons (Fsp3) is 0.0789. The maximum absolute atomic E-state index is 5.01. The van der Waals surface area contributed by atoms with Gasteiger partial charge < -0.3 is 0 Å². The van der Waals surface area contributed by atoms with Gasteiger partial charge >= 0.3 is 0 Å². The van der Waals surface area contributed by atoms with Crippen molar-refractivity contribution >= 4 is 16.8 Å². The minimum Gasteiger partial charge on any atom is -0.260 e. The van der Waals surface area contributed by atoms with E-state index in [0.29, 0.717) is 0 Å². The monoisotopic (exact) mass is 497 g/mol. The quantitative estimate of drug-likeness (QED) is 0.237. The van der Waals surface area contributed by atoms with Gasteiger partial charge in [-0.2, -0.15) is 0 Å². The first kappa shape index (κ1) is 22.3. The van der Waals surface area contributed by atoms with Gasteiger partial charge in [0.15, 0.2) is 0 Å². The number of pyridine rings is 1. The first-order chi connectivity index (χ1) is 19.4. The molecule has 0 spiro atoms. The van der Waals surface area contributed by atoms with E-state index in [9.17, 15) is 0 Å². The number of rotatable bonds is 3. The van der Waals surface area contributed by atoms with E-state index in [1.54, 1.807) is 0 Å². The highest BCUT2D eigenvalue weighted by Gasteiger charge is 2.47. The van der Waals surface area contributed by atoms with Crippen LogP contribution in [0.5, 0.6) is 0 Å². The van der Waals surface area contributed by atoms with E-state index in [4.69, 9.17) is 4.98 Å². The maximum Gasteiger partial charge on any atom is 0.0886 e. The summed E-state index contributed by atoms with van der Waals surface area (Å²) >= 11 is 0. The molecule has 39 heavy (non-hydrogen) atoms. The molecule has 0 saturated heterocycles. The number of nitrogens with zero attached hydrogens (tertiary/aromatic N) is 1. The molecule has 1 aromatic heterocycles. The lowest BCUT2D eigenvalue weighted by atomic mass is 9.69. The van der Waals surface area contributed by atoms with Crippen LogP contribution in [-0.4, -0.2) is 4.98 Å². The average Bonchev–Trinajstić information content (AvgIpc) is 3.32. The summed E-state index contributed by atoms with van der Waals surface area (Å²) in [4.78, 5) is 5.01. The molecule has 0 amide bonds. The molecule has 0 fully saturated rings. The lowest BCUT2D eigenvalue weighted by molar-refractivity contribution is 0.735. The van der Waals surface area contributed by atoms with Gasteiger partial charge in [0.2, 0.25) is 0 Å². The van der Waals surface area contributed by atoms with E-state index in [1.807, 2.05) is 12.3 Å². The fourth-order valence-electron chi connectivity index (χ4n) is 6.99. The van der Waals surface area contributed by atoms with E-state index in [2.05, 4.69) is 127 Å². The first-order valence-corrected chi connectivity index (χ1v) is 13.8. The first-order valence-electron chi connectivity index (χ1n) is 13.8. The largest absolute Gasteiger partial charge is 0.260 e. The highest BCUT2D eigenvalue weighted by molar-refractivity contribution is 6.03. The zero-order valence-corrected chi connectivity index (χ0v) is 21.6. The van der Waals surface area contributed by atoms with Crippen molar-refractivity contribution in [2.45, 2.75) is 18.3 Å². The van der Waals surface area contributed by atoms with Crippen LogP contribution in [0.1, 0.15) is 39.9 Å². The number of aromatic nitrogens is 1. The topological polar surface area (TPSA) is 12.9 Å². The predicted octanol–water partition coefficient (Wildman–Crippen LogP) is 9.22. The summed E-state index contributed by atoms with van der Waals surface area (Å²) < 4.78 is 0. The van der Waals surface area contributed by atoms with Gasteiger partial charge in [-0.1, -0.05) is 109 Å². The molecular formula is C38H27N. The summed E-state index contributed by atoms with van der Waals surface area (Å²) in [5.74, 6) is 0. The standard InChI is InChI=1S/C38H27N/c1-2-13-28(14-3-1)38(37-20-10-11-23-39-37)35-19-9-8-18-32(35)33-22-21-27(25-36(33)38)34-24-26-12-4-5-15-29(26)30-16-6-7-17-31(30)34/h1-3,5-11,13-25H,4,12H2. The van der Waals surface area contributed by atoms with Crippen LogP contribution in [0.4, 0.5) is 0 Å². The summed E-state index contributed by atoms with van der Waals surface area (Å²) in [6.45, 7) is 0. The number of hydrogen-bond donors (Lipinski definition) is 0. The van der Waals surface area contributed by atoms with Gasteiger partial charge in [-0.3, -0.25) is 4.98 Å². The van der Waals surface area contributed by atoms with Crippen molar-refractivity contribution in [3.05, 3.63) is 167 Å². The molecule has 1 nitrogen and oxygen atoms in total. The van der Waals surface area contributed by atoms with Gasteiger partial charge in [0, 0.05) is 6.20 Å². The highest BCUT2D eigenvalue weighted by Crippen LogP contribution is 2.56. The molecule has 1 unspecified atom stereocenters. The van der Waals surface area contributed by atoms with Gasteiger partial charge in [-0.05, 0) is 98.0 Å². The minimum absolute atomic E-state index is 0.489. The van der Waals surface area contributed by atoms with Crippen molar-refractivity contribution in [3.63, 3.8) is 0 Å². The summed E-state index contributed by atoms with van der Waals surface area (Å²) in [7, 11) is 0. The Kier molecular flexibility index (Phi) is 4.93. The second-order valence-electron chi connectivity index (χ2n) is 10.6. The van der Waals surface area contributed by atoms with Crippen LogP contribution in [0, 0.1) is 0 Å². The second kappa shape index (κ2) is 8.64. The van der Waals surface area contributed by atoms with Crippen molar-refractivity contribution in [2.24, 2.45) is 0 Å². The fourth-order valence-corrected chi connectivity index (χ4v) is 6.99. The number of aryl methyl sites for hydroxylation is 1. The summed E-state index contributed by atoms with van der Waals surface area (Å²) in [6.07, 6.45) is 8.73. The molecule has 1 heteroatoms. The molecule has 2 aliphatic rings. The third-order valence-electron chi connectivity index (χ3n) is 8.65. The van der Waals surface area contributed by atoms with Gasteiger partial charge in [0.25, 0.3) is 0 Å². The Morgan fingerprint density at radius 2 is 1.36 bits per heavy atom. The van der Waals surface area contributed by atoms with Crippen molar-refractivity contribution < 1.29 is 0 Å². The van der Waals surface area contributed by atoms with E-state index >= 15 is 0 Å². The number of fused-ring (bicyclic) bond motifs is 6. The van der Waals surface area contributed by atoms with E-state index in [1.165, 1.54) is 60.8 Å². The van der Waals surface area contributed by atoms with E-state index < -0.39 is 5.41 Å². The van der Waals surface area contributed by atoms with Gasteiger partial charge in [0.05, 0.1) is 11.1 Å². The Balaban J connectivity index is 1.47. The molecule has 1 heterocycles. The second-order valence-corrected chi connectivity index (χ2v) is 10.6. The van der Waals surface area contributed by atoms with Crippen LogP contribution in [0.2, 0.25) is 0 Å². The smallest absolute Gasteiger partial charge is 0.0886 e. The van der Waals surface area contributed by atoms with E-state index in [0.717, 1.165) is 18.5 Å². The molecule has 0 aliphatic heterocycles. The zero-order valence-electron chi connectivity index (χ0n) is 21.6. The van der Waals surface area contributed by atoms with Crippen LogP contribution in [-0.2, 0) is 11.8 Å². The van der Waals surface area contributed by atoms with Crippen LogP contribution >= 0.6 is 0 Å². The predicted molar refractivity (Wildman–Crippen MR) is 162 cm³/mol. The Morgan fingerprint density at radius 3 is 2.23 bits per heavy atom. The van der Waals surface area contributed by atoms with Gasteiger partial charge in [0.1, 0.15) is 0 Å². The minimum atomic E-state index is -0.489. The average molecular weight is 498 g/mol. The van der Waals surface area contributed by atoms with Crippen LogP contribution in [0.3, 0.4) is 0 Å². The molecule has 2 aliphatic carbocycles. The Hall–Kier alpha value is -4.75. The van der Waals surface area contributed by atoms with Crippen molar-refractivity contribution in [2.75, 3.05) is 0 Å². The molecule has 5 aromatic carbocycles. The normalized spacial score (nSPS) is 17.0. The van der Waals surface area contributed by atoms with Gasteiger partial charge in [-0.25, -0.2) is 0 Å². The SMILES string of the molecule is C1=Cc2c(cc(-c3ccc4c(c3)C(c3ccccc3)(c3ccccn3)c3ccccc3-4)c3ccccc23)CC1. The highest BCUT2D eigenvalue weighted by atomic mass is 14.7. The molecule has 184 valence electrons. The van der Waals surface area contributed by atoms with Crippen LogP contribution in [0.15, 0.2) is 134 Å². The molecule has 0 N–H and O–H groups in total. The van der Waals surface area contributed by atoms with E-state index in [-0.39, 0.29) is 0 Å². The molecule has 0 radical (unpaired) electrons. The maximum atomic E-state index is 5.01. The number of hydrogen-bond acceptors (Lipinski definition) is 1. The lowest BCUT2D eigenvalue weighted by Crippen LogP contribution is -2.29. The molecule has 0 bridgehead atoms. The third-order valence-corrected chi connectivity index (χ3v) is 8.65. The van der Waals surface area contributed by atoms with Gasteiger partial charge in [-0.15, -0.1) is 0 Å².